The highest BCUT2D eigenvalue weighted by molar-refractivity contribution is 7.99. The Morgan fingerprint density at radius 3 is 2.52 bits per heavy atom. The largest absolute Gasteiger partial charge is 0.469 e. The number of esters is 1. The summed E-state index contributed by atoms with van der Waals surface area (Å²) in [4.78, 5) is 10.9. The first-order valence-electron chi connectivity index (χ1n) is 9.20. The lowest BCUT2D eigenvalue weighted by molar-refractivity contribution is -0.140. The highest BCUT2D eigenvalue weighted by Gasteiger charge is 1.99. The fourth-order valence-corrected chi connectivity index (χ4v) is 3.24. The summed E-state index contributed by atoms with van der Waals surface area (Å²) in [5.41, 5.74) is 0. The van der Waals surface area contributed by atoms with Gasteiger partial charge in [-0.3, -0.25) is 4.79 Å². The van der Waals surface area contributed by atoms with Crippen LogP contribution in [0.4, 0.5) is 0 Å². The van der Waals surface area contributed by atoms with E-state index in [1.54, 1.807) is 0 Å². The number of unbranched alkanes of at least 4 members (excludes halogenated alkanes) is 6. The first-order chi connectivity index (χ1) is 11.2. The lowest BCUT2D eigenvalue weighted by atomic mass is 10.1. The lowest BCUT2D eigenvalue weighted by Crippen LogP contribution is -2.00. The molecule has 0 saturated heterocycles. The number of carbonyl (C=O) groups is 1. The summed E-state index contributed by atoms with van der Waals surface area (Å²) in [6, 6.07) is 0. The topological polar surface area (TPSA) is 46.5 Å². The molecule has 23 heavy (non-hydrogen) atoms. The van der Waals surface area contributed by atoms with E-state index in [1.807, 2.05) is 17.8 Å². The van der Waals surface area contributed by atoms with Crippen molar-refractivity contribution < 1.29 is 14.6 Å². The Balaban J connectivity index is 3.19. The number of aliphatic hydroxyl groups excluding tert-OH is 1. The molecule has 0 unspecified atom stereocenters. The molecular formula is C19H36O3S. The summed E-state index contributed by atoms with van der Waals surface area (Å²) < 4.78 is 4.61. The van der Waals surface area contributed by atoms with Gasteiger partial charge in [0.25, 0.3) is 0 Å². The smallest absolute Gasteiger partial charge is 0.305 e. The van der Waals surface area contributed by atoms with E-state index in [1.165, 1.54) is 45.0 Å². The molecule has 136 valence electrons. The highest BCUT2D eigenvalue weighted by atomic mass is 32.2. The lowest BCUT2D eigenvalue weighted by Gasteiger charge is -2.03. The van der Waals surface area contributed by atoms with Crippen LogP contribution in [0.2, 0.25) is 0 Å². The van der Waals surface area contributed by atoms with Crippen LogP contribution in [0.25, 0.3) is 0 Å². The van der Waals surface area contributed by atoms with Crippen LogP contribution >= 0.6 is 11.8 Å². The summed E-state index contributed by atoms with van der Waals surface area (Å²) in [6.07, 6.45) is 15.9. The second-order valence-corrected chi connectivity index (χ2v) is 7.21. The number of hydrogen-bond acceptors (Lipinski definition) is 4. The molecule has 0 aliphatic rings. The Morgan fingerprint density at radius 2 is 1.78 bits per heavy atom. The fraction of sp³-hybridized carbons (Fsp3) is 0.842. The number of carbonyl (C=O) groups excluding carboxylic acids is 1. The van der Waals surface area contributed by atoms with Crippen LogP contribution in [-0.4, -0.2) is 35.8 Å². The van der Waals surface area contributed by atoms with E-state index in [9.17, 15) is 9.90 Å². The van der Waals surface area contributed by atoms with Crippen molar-refractivity contribution in [3.63, 3.8) is 0 Å². The second kappa shape index (κ2) is 17.9. The van der Waals surface area contributed by atoms with E-state index in [4.69, 9.17) is 0 Å². The van der Waals surface area contributed by atoms with Gasteiger partial charge in [-0.1, -0.05) is 51.2 Å². The summed E-state index contributed by atoms with van der Waals surface area (Å²) in [7, 11) is 1.44. The van der Waals surface area contributed by atoms with E-state index >= 15 is 0 Å². The molecule has 0 bridgehead atoms. The fourth-order valence-electron chi connectivity index (χ4n) is 2.28. The molecule has 0 aromatic carbocycles. The van der Waals surface area contributed by atoms with Crippen molar-refractivity contribution in [1.82, 2.24) is 0 Å². The molecule has 0 fully saturated rings. The van der Waals surface area contributed by atoms with Crippen LogP contribution in [-0.2, 0) is 9.53 Å². The van der Waals surface area contributed by atoms with Gasteiger partial charge in [-0.2, -0.15) is 11.8 Å². The minimum atomic E-state index is -0.244. The number of allylic oxidation sites excluding steroid dienone is 1. The Hall–Kier alpha value is -0.480. The minimum absolute atomic E-state index is 0.0995. The molecule has 0 radical (unpaired) electrons. The third-order valence-electron chi connectivity index (χ3n) is 3.77. The van der Waals surface area contributed by atoms with Crippen LogP contribution in [0, 0.1) is 0 Å². The van der Waals surface area contributed by atoms with Gasteiger partial charge in [-0.05, 0) is 43.6 Å². The predicted molar refractivity (Wildman–Crippen MR) is 101 cm³/mol. The normalized spacial score (nSPS) is 12.7. The van der Waals surface area contributed by atoms with Crippen LogP contribution in [0.3, 0.4) is 0 Å². The monoisotopic (exact) mass is 344 g/mol. The van der Waals surface area contributed by atoms with Gasteiger partial charge in [0, 0.05) is 6.42 Å². The predicted octanol–water partition coefficient (Wildman–Crippen LogP) is 5.12. The molecule has 0 saturated carbocycles. The Bertz CT molecular complexity index is 292. The second-order valence-electron chi connectivity index (χ2n) is 5.99. The SMILES string of the molecule is CCCC[C@@H](O)/C=C\CCCCCCCSCCCC(=O)OC. The first-order valence-corrected chi connectivity index (χ1v) is 10.4. The van der Waals surface area contributed by atoms with Crippen molar-refractivity contribution in [3.8, 4) is 0 Å². The zero-order chi connectivity index (χ0) is 17.2. The van der Waals surface area contributed by atoms with E-state index in [0.717, 1.165) is 37.9 Å². The van der Waals surface area contributed by atoms with Crippen LogP contribution in [0.5, 0.6) is 0 Å². The Kier molecular flexibility index (Phi) is 17.5. The molecule has 4 heteroatoms. The van der Waals surface area contributed by atoms with Crippen molar-refractivity contribution >= 4 is 17.7 Å². The van der Waals surface area contributed by atoms with Gasteiger partial charge in [-0.15, -0.1) is 0 Å². The van der Waals surface area contributed by atoms with E-state index in [0.29, 0.717) is 6.42 Å². The molecule has 1 atom stereocenters. The summed E-state index contributed by atoms with van der Waals surface area (Å²) >= 11 is 1.94. The number of ether oxygens (including phenoxy) is 1. The average molecular weight is 345 g/mol. The highest BCUT2D eigenvalue weighted by Crippen LogP contribution is 2.12. The van der Waals surface area contributed by atoms with Gasteiger partial charge >= 0.3 is 5.97 Å². The Labute approximate surface area is 147 Å². The Morgan fingerprint density at radius 1 is 1.09 bits per heavy atom. The average Bonchev–Trinajstić information content (AvgIpc) is 2.56. The zero-order valence-corrected chi connectivity index (χ0v) is 15.9. The number of thioether (sulfide) groups is 1. The molecule has 0 rings (SSSR count). The maximum Gasteiger partial charge on any atom is 0.305 e. The van der Waals surface area contributed by atoms with Gasteiger partial charge in [0.2, 0.25) is 0 Å². The van der Waals surface area contributed by atoms with E-state index in [2.05, 4.69) is 17.7 Å². The maximum atomic E-state index is 10.9. The summed E-state index contributed by atoms with van der Waals surface area (Å²) in [6.45, 7) is 2.15. The van der Waals surface area contributed by atoms with Crippen molar-refractivity contribution in [3.05, 3.63) is 12.2 Å². The third-order valence-corrected chi connectivity index (χ3v) is 4.92. The molecule has 0 aliphatic heterocycles. The molecule has 1 N–H and O–H groups in total. The van der Waals surface area contributed by atoms with Crippen molar-refractivity contribution in [2.75, 3.05) is 18.6 Å². The summed E-state index contributed by atoms with van der Waals surface area (Å²) in [5.74, 6) is 2.16. The number of hydrogen-bond donors (Lipinski definition) is 1. The third kappa shape index (κ3) is 17.7. The van der Waals surface area contributed by atoms with Crippen molar-refractivity contribution in [1.29, 1.82) is 0 Å². The number of methoxy groups -OCH3 is 1. The molecular weight excluding hydrogens is 308 g/mol. The van der Waals surface area contributed by atoms with E-state index < -0.39 is 0 Å². The molecule has 0 aliphatic carbocycles. The van der Waals surface area contributed by atoms with Crippen LogP contribution in [0.15, 0.2) is 12.2 Å². The van der Waals surface area contributed by atoms with E-state index in [-0.39, 0.29) is 12.1 Å². The molecule has 0 aromatic heterocycles. The van der Waals surface area contributed by atoms with Crippen LogP contribution < -0.4 is 0 Å². The molecule has 0 heterocycles. The van der Waals surface area contributed by atoms with Gasteiger partial charge in [0.1, 0.15) is 0 Å². The number of aliphatic hydroxyl groups is 1. The molecule has 3 nitrogen and oxygen atoms in total. The first kappa shape index (κ1) is 22.5. The minimum Gasteiger partial charge on any atom is -0.469 e. The van der Waals surface area contributed by atoms with Gasteiger partial charge in [-0.25, -0.2) is 0 Å². The molecule has 0 spiro atoms. The van der Waals surface area contributed by atoms with Gasteiger partial charge in [0.15, 0.2) is 0 Å². The maximum absolute atomic E-state index is 10.9. The zero-order valence-electron chi connectivity index (χ0n) is 15.1. The molecule has 0 amide bonds. The van der Waals surface area contributed by atoms with Gasteiger partial charge < -0.3 is 9.84 Å². The van der Waals surface area contributed by atoms with Crippen molar-refractivity contribution in [2.24, 2.45) is 0 Å². The van der Waals surface area contributed by atoms with Gasteiger partial charge in [0.05, 0.1) is 13.2 Å². The molecule has 0 aromatic rings. The number of rotatable bonds is 16. The standard InChI is InChI=1S/C19H36O3S/c1-3-4-13-18(20)14-10-8-6-5-7-9-11-16-23-17-12-15-19(21)22-2/h10,14,18,20H,3-9,11-13,15-17H2,1-2H3/b14-10-/t18-/m1/s1. The quantitative estimate of drug-likeness (QED) is 0.240. The van der Waals surface area contributed by atoms with Crippen molar-refractivity contribution in [2.45, 2.75) is 83.7 Å². The summed E-state index contributed by atoms with van der Waals surface area (Å²) in [5, 5.41) is 9.67. The van der Waals surface area contributed by atoms with Crippen LogP contribution in [0.1, 0.15) is 77.6 Å².